The highest BCUT2D eigenvalue weighted by Crippen LogP contribution is 2.32. The van der Waals surface area contributed by atoms with Crippen molar-refractivity contribution in [3.8, 4) is 6.01 Å². The molecule has 9 nitrogen and oxygen atoms in total. The van der Waals surface area contributed by atoms with Crippen LogP contribution in [0.3, 0.4) is 0 Å². The number of aromatic nitrogens is 2. The van der Waals surface area contributed by atoms with Gasteiger partial charge in [0.15, 0.2) is 0 Å². The van der Waals surface area contributed by atoms with E-state index in [0.717, 1.165) is 60.8 Å². The number of carbonyl (C=O) groups excluding carboxylic acids is 1. The second kappa shape index (κ2) is 14.2. The van der Waals surface area contributed by atoms with Gasteiger partial charge in [-0.05, 0) is 57.5 Å². The fraction of sp³-hybridized carbons (Fsp3) is 0.469. The summed E-state index contributed by atoms with van der Waals surface area (Å²) < 4.78 is 6.27. The number of allylic oxidation sites excluding steroid dienone is 5. The second-order valence-corrected chi connectivity index (χ2v) is 10.9. The first-order valence-electron chi connectivity index (χ1n) is 14.5. The van der Waals surface area contributed by atoms with Crippen molar-refractivity contribution in [2.45, 2.75) is 32.7 Å². The fourth-order valence-electron chi connectivity index (χ4n) is 5.67. The Balaban J connectivity index is 1.63. The van der Waals surface area contributed by atoms with Crippen LogP contribution in [0.4, 0.5) is 5.82 Å². The topological polar surface area (TPSA) is 85.3 Å². The van der Waals surface area contributed by atoms with Crippen LogP contribution in [-0.2, 0) is 17.8 Å². The Bertz CT molecular complexity index is 1230. The van der Waals surface area contributed by atoms with Gasteiger partial charge < -0.3 is 29.4 Å². The maximum absolute atomic E-state index is 12.2. The number of likely N-dealkylation sites (tertiary alicyclic amines) is 1. The van der Waals surface area contributed by atoms with E-state index in [1.807, 2.05) is 17.1 Å². The van der Waals surface area contributed by atoms with Gasteiger partial charge in [0.2, 0.25) is 5.91 Å². The molecular formula is C32H44N6O3. The van der Waals surface area contributed by atoms with Crippen molar-refractivity contribution in [1.29, 1.82) is 0 Å². The normalized spacial score (nSPS) is 20.6. The highest BCUT2D eigenvalue weighted by atomic mass is 16.5. The van der Waals surface area contributed by atoms with Gasteiger partial charge in [0.1, 0.15) is 11.6 Å². The first-order chi connectivity index (χ1) is 19.8. The van der Waals surface area contributed by atoms with Crippen LogP contribution >= 0.6 is 0 Å². The summed E-state index contributed by atoms with van der Waals surface area (Å²) in [7, 11) is 2.15. The summed E-state index contributed by atoms with van der Waals surface area (Å²) in [5.74, 6) is 1.47. The largest absolute Gasteiger partial charge is 0.508 e. The van der Waals surface area contributed by atoms with Crippen LogP contribution in [0, 0.1) is 5.92 Å². The molecule has 3 aliphatic heterocycles. The van der Waals surface area contributed by atoms with Gasteiger partial charge in [0.05, 0.1) is 18.8 Å². The van der Waals surface area contributed by atoms with E-state index < -0.39 is 0 Å². The van der Waals surface area contributed by atoms with E-state index in [9.17, 15) is 9.90 Å². The minimum atomic E-state index is -0.0408. The van der Waals surface area contributed by atoms with Crippen molar-refractivity contribution in [3.63, 3.8) is 0 Å². The molecule has 1 aromatic rings. The summed E-state index contributed by atoms with van der Waals surface area (Å²) in [5.41, 5.74) is 3.62. The first-order valence-corrected chi connectivity index (χ1v) is 14.5. The number of nitrogens with zero attached hydrogens (tertiary/aromatic N) is 6. The summed E-state index contributed by atoms with van der Waals surface area (Å²) in [6.07, 6.45) is 13.3. The van der Waals surface area contributed by atoms with Crippen LogP contribution in [0.1, 0.15) is 31.0 Å². The second-order valence-electron chi connectivity index (χ2n) is 10.9. The fourth-order valence-corrected chi connectivity index (χ4v) is 5.67. The lowest BCUT2D eigenvalue weighted by atomic mass is 10.00. The molecule has 2 saturated heterocycles. The first kappa shape index (κ1) is 30.1. The summed E-state index contributed by atoms with van der Waals surface area (Å²) in [5, 5.41) is 10.4. The van der Waals surface area contributed by atoms with E-state index in [1.165, 1.54) is 12.5 Å². The predicted octanol–water partition coefficient (Wildman–Crippen LogP) is 4.03. The molecule has 41 heavy (non-hydrogen) atoms. The summed E-state index contributed by atoms with van der Waals surface area (Å²) in [6, 6.07) is 0.394. The number of piperazine rings is 1. The molecule has 1 aromatic heterocycles. The number of fused-ring (bicyclic) bond motifs is 1. The minimum Gasteiger partial charge on any atom is -0.508 e. The smallest absolute Gasteiger partial charge is 0.318 e. The molecule has 1 N–H and O–H groups in total. The van der Waals surface area contributed by atoms with Crippen LogP contribution in [-0.4, -0.2) is 95.1 Å². The molecule has 2 fully saturated rings. The van der Waals surface area contributed by atoms with Crippen molar-refractivity contribution in [3.05, 3.63) is 84.5 Å². The molecule has 0 spiro atoms. The number of hydrogen-bond acceptors (Lipinski definition) is 8. The Morgan fingerprint density at radius 2 is 1.90 bits per heavy atom. The molecule has 0 bridgehead atoms. The Hall–Kier alpha value is -3.85. The molecule has 0 radical (unpaired) electrons. The summed E-state index contributed by atoms with van der Waals surface area (Å²) in [6.45, 7) is 20.0. The molecule has 0 aromatic carbocycles. The predicted molar refractivity (Wildman–Crippen MR) is 164 cm³/mol. The van der Waals surface area contributed by atoms with Crippen LogP contribution < -0.4 is 9.64 Å². The lowest BCUT2D eigenvalue weighted by Gasteiger charge is -2.38. The Morgan fingerprint density at radius 3 is 2.59 bits per heavy atom. The number of amides is 1. The zero-order valence-corrected chi connectivity index (χ0v) is 24.6. The third-order valence-electron chi connectivity index (χ3n) is 7.94. The summed E-state index contributed by atoms with van der Waals surface area (Å²) >= 11 is 0. The number of rotatable bonds is 10. The van der Waals surface area contributed by atoms with Crippen LogP contribution in [0.2, 0.25) is 0 Å². The van der Waals surface area contributed by atoms with E-state index >= 15 is 0 Å². The average Bonchev–Trinajstić information content (AvgIpc) is 3.00. The zero-order valence-electron chi connectivity index (χ0n) is 24.6. The molecule has 0 saturated carbocycles. The lowest BCUT2D eigenvalue weighted by Crippen LogP contribution is -2.49. The van der Waals surface area contributed by atoms with Crippen molar-refractivity contribution < 1.29 is 14.6 Å². The molecular weight excluding hydrogens is 516 g/mol. The van der Waals surface area contributed by atoms with E-state index in [1.54, 1.807) is 25.2 Å². The number of aliphatic hydroxyl groups is 1. The van der Waals surface area contributed by atoms with Crippen LogP contribution in [0.25, 0.3) is 0 Å². The zero-order chi connectivity index (χ0) is 29.4. The highest BCUT2D eigenvalue weighted by molar-refractivity contribution is 5.87. The van der Waals surface area contributed by atoms with Gasteiger partial charge in [-0.3, -0.25) is 4.79 Å². The Morgan fingerprint density at radius 1 is 1.12 bits per heavy atom. The standard InChI is InChI=1S/C32H44N6O3/c1-6-9-11-24(4)29(20-26(39)7-2)38-15-13-27-28(22-38)33-32(41-23-25-12-10-14-35(5)21-25)34-31(27)37-18-16-36(17-19-37)30(40)8-3/h6-9,11,20,25,39H,1,3-4,10,12-19,21-23H2,2,5H3/b11-9-,26-7+,29-20+/t25-/m1/s1. The monoisotopic (exact) mass is 560 g/mol. The quantitative estimate of drug-likeness (QED) is 0.261. The van der Waals surface area contributed by atoms with Crippen molar-refractivity contribution in [1.82, 2.24) is 24.7 Å². The number of carbonyl (C=O) groups is 1. The molecule has 9 heteroatoms. The van der Waals surface area contributed by atoms with Crippen molar-refractivity contribution in [2.24, 2.45) is 5.92 Å². The maximum Gasteiger partial charge on any atom is 0.318 e. The van der Waals surface area contributed by atoms with Gasteiger partial charge in [0, 0.05) is 62.5 Å². The molecule has 0 unspecified atom stereocenters. The Labute approximate surface area is 244 Å². The third kappa shape index (κ3) is 7.67. The Kier molecular flexibility index (Phi) is 10.4. The molecule has 4 heterocycles. The molecule has 220 valence electrons. The number of hydrogen-bond donors (Lipinski definition) is 1. The number of aliphatic hydroxyl groups excluding tert-OH is 1. The van der Waals surface area contributed by atoms with Gasteiger partial charge in [0.25, 0.3) is 0 Å². The van der Waals surface area contributed by atoms with Gasteiger partial charge in [-0.1, -0.05) is 38.0 Å². The van der Waals surface area contributed by atoms with Gasteiger partial charge >= 0.3 is 6.01 Å². The van der Waals surface area contributed by atoms with Crippen molar-refractivity contribution >= 4 is 11.7 Å². The van der Waals surface area contributed by atoms with Gasteiger partial charge in [-0.25, -0.2) is 0 Å². The van der Waals surface area contributed by atoms with E-state index in [4.69, 9.17) is 14.7 Å². The molecule has 1 atom stereocenters. The molecule has 0 aliphatic carbocycles. The van der Waals surface area contributed by atoms with E-state index in [2.05, 4.69) is 41.5 Å². The van der Waals surface area contributed by atoms with Gasteiger partial charge in [-0.15, -0.1) is 0 Å². The van der Waals surface area contributed by atoms with Crippen LogP contribution in [0.15, 0.2) is 73.2 Å². The van der Waals surface area contributed by atoms with Crippen LogP contribution in [0.5, 0.6) is 6.01 Å². The van der Waals surface area contributed by atoms with Crippen molar-refractivity contribution in [2.75, 3.05) is 64.4 Å². The maximum atomic E-state index is 12.2. The highest BCUT2D eigenvalue weighted by Gasteiger charge is 2.29. The van der Waals surface area contributed by atoms with E-state index in [-0.39, 0.29) is 11.7 Å². The number of ether oxygens (including phenoxy) is 1. The number of anilines is 1. The SMILES string of the molecule is C=C/C=C\C(=C)/C(=C\C(O)=C/C)N1CCc2c(nc(OC[C@@H]3CCCN(C)C3)nc2N2CCN(C(=O)C=C)CC2)C1. The number of piperidine rings is 1. The summed E-state index contributed by atoms with van der Waals surface area (Å²) in [4.78, 5) is 30.6. The average molecular weight is 561 g/mol. The lowest BCUT2D eigenvalue weighted by molar-refractivity contribution is -0.126. The third-order valence-corrected chi connectivity index (χ3v) is 7.94. The molecule has 3 aliphatic rings. The van der Waals surface area contributed by atoms with Gasteiger partial charge in [-0.2, -0.15) is 9.97 Å². The molecule has 4 rings (SSSR count). The molecule has 1 amide bonds. The van der Waals surface area contributed by atoms with E-state index in [0.29, 0.717) is 51.3 Å². The minimum absolute atomic E-state index is 0.0408.